The van der Waals surface area contributed by atoms with Gasteiger partial charge in [0.2, 0.25) is 0 Å². The molecule has 2 saturated heterocycles. The molecule has 2 N–H and O–H groups in total. The number of anilines is 2. The first-order valence-electron chi connectivity index (χ1n) is 14.4. The average molecular weight is 589 g/mol. The lowest BCUT2D eigenvalue weighted by Crippen LogP contribution is -2.50. The Morgan fingerprint density at radius 1 is 0.744 bits per heavy atom. The second-order valence-electron chi connectivity index (χ2n) is 10.8. The third-order valence-electron chi connectivity index (χ3n) is 7.96. The fourth-order valence-electron chi connectivity index (χ4n) is 5.32. The Morgan fingerprint density at radius 3 is 2.00 bits per heavy atom. The molecular formula is C33H40N4O6. The summed E-state index contributed by atoms with van der Waals surface area (Å²) in [5.74, 6) is -1.63. The third-order valence-corrected chi connectivity index (χ3v) is 7.96. The molecule has 3 aromatic rings. The van der Waals surface area contributed by atoms with Crippen LogP contribution in [0.25, 0.3) is 10.8 Å². The highest BCUT2D eigenvalue weighted by atomic mass is 16.5. The molecule has 5 rings (SSSR count). The van der Waals surface area contributed by atoms with Crippen LogP contribution in [0.4, 0.5) is 11.4 Å². The number of aliphatic carboxylic acids is 2. The molecule has 0 saturated carbocycles. The van der Waals surface area contributed by atoms with Crippen LogP contribution in [0.2, 0.25) is 0 Å². The summed E-state index contributed by atoms with van der Waals surface area (Å²) in [6.07, 6.45) is 1.12. The summed E-state index contributed by atoms with van der Waals surface area (Å²) in [6.45, 7) is 11.5. The number of likely N-dealkylation sites (N-methyl/N-ethyl adjacent to an activating group) is 1. The summed E-state index contributed by atoms with van der Waals surface area (Å²) >= 11 is 0. The first-order valence-corrected chi connectivity index (χ1v) is 14.4. The molecule has 2 fully saturated rings. The molecule has 0 aromatic heterocycles. The van der Waals surface area contributed by atoms with E-state index < -0.39 is 11.9 Å². The largest absolute Gasteiger partial charge is 0.481 e. The van der Waals surface area contributed by atoms with Crippen LogP contribution >= 0.6 is 0 Å². The minimum absolute atomic E-state index is 0.0582. The molecule has 2 heterocycles. The highest BCUT2D eigenvalue weighted by Gasteiger charge is 2.24. The smallest absolute Gasteiger partial charge is 0.328 e. The fraction of sp³-hybridized carbons (Fsp3) is 0.364. The molecule has 1 amide bonds. The van der Waals surface area contributed by atoms with E-state index in [1.54, 1.807) is 0 Å². The van der Waals surface area contributed by atoms with Gasteiger partial charge < -0.3 is 34.5 Å². The highest BCUT2D eigenvalue weighted by Crippen LogP contribution is 2.37. The molecule has 0 aliphatic carbocycles. The van der Waals surface area contributed by atoms with Crippen LogP contribution < -0.4 is 14.5 Å². The number of carboxylic acids is 2. The molecule has 0 atom stereocenters. The van der Waals surface area contributed by atoms with Crippen molar-refractivity contribution in [3.05, 3.63) is 77.9 Å². The van der Waals surface area contributed by atoms with Crippen molar-refractivity contribution < 1.29 is 29.3 Å². The van der Waals surface area contributed by atoms with Crippen LogP contribution in [0, 0.1) is 13.8 Å². The first kappa shape index (κ1) is 31.4. The SMILES string of the molecule is Cc1cccc(N2CCN(C(=O)COc3c(N4CCN(C)CC4)ccc4ccccc34)CC2)c1C.O=C(O)/C=C/C(=O)O. The number of carbonyl (C=O) groups excluding carboxylic acids is 1. The zero-order chi connectivity index (χ0) is 30.9. The number of aryl methyl sites for hydroxylation is 1. The maximum absolute atomic E-state index is 13.2. The number of nitrogens with zero attached hydrogens (tertiary/aromatic N) is 4. The van der Waals surface area contributed by atoms with E-state index in [9.17, 15) is 14.4 Å². The zero-order valence-corrected chi connectivity index (χ0v) is 25.0. The van der Waals surface area contributed by atoms with Gasteiger partial charge in [0.1, 0.15) is 0 Å². The van der Waals surface area contributed by atoms with Crippen molar-refractivity contribution in [3.8, 4) is 5.75 Å². The van der Waals surface area contributed by atoms with Crippen LogP contribution in [0.5, 0.6) is 5.75 Å². The van der Waals surface area contributed by atoms with Crippen molar-refractivity contribution >= 4 is 40.0 Å². The second-order valence-corrected chi connectivity index (χ2v) is 10.8. The summed E-state index contributed by atoms with van der Waals surface area (Å²) in [6, 6.07) is 19.0. The summed E-state index contributed by atoms with van der Waals surface area (Å²) in [5.41, 5.74) is 4.99. The molecule has 0 radical (unpaired) electrons. The fourth-order valence-corrected chi connectivity index (χ4v) is 5.32. The predicted molar refractivity (Wildman–Crippen MR) is 168 cm³/mol. The lowest BCUT2D eigenvalue weighted by Gasteiger charge is -2.37. The van der Waals surface area contributed by atoms with Gasteiger partial charge in [0.15, 0.2) is 12.4 Å². The van der Waals surface area contributed by atoms with E-state index in [2.05, 4.69) is 78.1 Å². The summed E-state index contributed by atoms with van der Waals surface area (Å²) < 4.78 is 6.33. The van der Waals surface area contributed by atoms with E-state index in [4.69, 9.17) is 14.9 Å². The summed E-state index contributed by atoms with van der Waals surface area (Å²) in [7, 11) is 2.16. The van der Waals surface area contributed by atoms with E-state index in [0.717, 1.165) is 74.6 Å². The van der Waals surface area contributed by atoms with Gasteiger partial charge in [-0.2, -0.15) is 0 Å². The number of piperazine rings is 2. The van der Waals surface area contributed by atoms with E-state index in [1.807, 2.05) is 17.0 Å². The Morgan fingerprint density at radius 2 is 1.35 bits per heavy atom. The van der Waals surface area contributed by atoms with Crippen LogP contribution in [0.15, 0.2) is 66.7 Å². The monoisotopic (exact) mass is 588 g/mol. The van der Waals surface area contributed by atoms with Gasteiger partial charge in [-0.3, -0.25) is 4.79 Å². The third kappa shape index (κ3) is 8.26. The van der Waals surface area contributed by atoms with Gasteiger partial charge in [-0.1, -0.05) is 42.5 Å². The van der Waals surface area contributed by atoms with Crippen LogP contribution in [0.1, 0.15) is 11.1 Å². The van der Waals surface area contributed by atoms with E-state index in [0.29, 0.717) is 12.2 Å². The van der Waals surface area contributed by atoms with Gasteiger partial charge in [-0.15, -0.1) is 0 Å². The Labute approximate surface area is 252 Å². The van der Waals surface area contributed by atoms with Gasteiger partial charge in [-0.05, 0) is 49.5 Å². The van der Waals surface area contributed by atoms with Crippen molar-refractivity contribution in [2.24, 2.45) is 0 Å². The molecular weight excluding hydrogens is 548 g/mol. The minimum Gasteiger partial charge on any atom is -0.481 e. The molecule has 228 valence electrons. The first-order chi connectivity index (χ1) is 20.6. The Bertz CT molecular complexity index is 1460. The van der Waals surface area contributed by atoms with Crippen LogP contribution in [-0.2, 0) is 14.4 Å². The van der Waals surface area contributed by atoms with Crippen LogP contribution in [-0.4, -0.2) is 104 Å². The van der Waals surface area contributed by atoms with E-state index in [1.165, 1.54) is 16.8 Å². The van der Waals surface area contributed by atoms with E-state index in [-0.39, 0.29) is 12.5 Å². The molecule has 10 heteroatoms. The number of rotatable bonds is 7. The predicted octanol–water partition coefficient (Wildman–Crippen LogP) is 3.65. The molecule has 0 spiro atoms. The highest BCUT2D eigenvalue weighted by molar-refractivity contribution is 5.94. The van der Waals surface area contributed by atoms with Crippen molar-refractivity contribution in [2.45, 2.75) is 13.8 Å². The van der Waals surface area contributed by atoms with Gasteiger partial charge in [0.25, 0.3) is 5.91 Å². The average Bonchev–Trinajstić information content (AvgIpc) is 3.01. The zero-order valence-electron chi connectivity index (χ0n) is 25.0. The number of amides is 1. The van der Waals surface area contributed by atoms with Crippen LogP contribution in [0.3, 0.4) is 0 Å². The van der Waals surface area contributed by atoms with Gasteiger partial charge in [0.05, 0.1) is 5.69 Å². The number of hydrogen-bond acceptors (Lipinski definition) is 7. The lowest BCUT2D eigenvalue weighted by atomic mass is 10.1. The quantitative estimate of drug-likeness (QED) is 0.399. The van der Waals surface area contributed by atoms with Crippen molar-refractivity contribution in [3.63, 3.8) is 0 Å². The molecule has 3 aromatic carbocycles. The Balaban J connectivity index is 0.000000467. The van der Waals surface area contributed by atoms with E-state index >= 15 is 0 Å². The molecule has 10 nitrogen and oxygen atoms in total. The maximum Gasteiger partial charge on any atom is 0.328 e. The Hall–Kier alpha value is -4.57. The number of benzene rings is 3. The molecule has 0 bridgehead atoms. The van der Waals surface area contributed by atoms with Gasteiger partial charge >= 0.3 is 11.9 Å². The number of hydrogen-bond donors (Lipinski definition) is 2. The van der Waals surface area contributed by atoms with Crippen molar-refractivity contribution in [1.29, 1.82) is 0 Å². The van der Waals surface area contributed by atoms with Gasteiger partial charge in [-0.25, -0.2) is 9.59 Å². The van der Waals surface area contributed by atoms with Crippen molar-refractivity contribution in [1.82, 2.24) is 9.80 Å². The summed E-state index contributed by atoms with van der Waals surface area (Å²) in [4.78, 5) is 41.3. The summed E-state index contributed by atoms with van der Waals surface area (Å²) in [5, 5.41) is 17.8. The number of fused-ring (bicyclic) bond motifs is 1. The second kappa shape index (κ2) is 14.6. The standard InChI is InChI=1S/C29H36N4O2.C4H4O4/c1-22-7-6-10-26(23(22)2)31-17-19-33(20-18-31)28(34)21-35-29-25-9-5-4-8-24(25)11-12-27(29)32-15-13-30(3)14-16-32;5-3(6)1-2-4(7)8/h4-12H,13-21H2,1-3H3;1-2H,(H,5,6)(H,7,8)/b;2-1+. The molecule has 2 aliphatic heterocycles. The molecule has 2 aliphatic rings. The number of carboxylic acid groups (broad SMARTS) is 2. The maximum atomic E-state index is 13.2. The normalized spacial score (nSPS) is 15.7. The number of carbonyl (C=O) groups is 3. The topological polar surface area (TPSA) is 114 Å². The molecule has 43 heavy (non-hydrogen) atoms. The minimum atomic E-state index is -1.26. The van der Waals surface area contributed by atoms with Gasteiger partial charge in [0, 0.05) is 75.6 Å². The Kier molecular flexibility index (Phi) is 10.6. The van der Waals surface area contributed by atoms with Crippen molar-refractivity contribution in [2.75, 3.05) is 75.8 Å². The molecule has 0 unspecified atom stereocenters. The number of ether oxygens (including phenoxy) is 1. The lowest BCUT2D eigenvalue weighted by molar-refractivity contribution is -0.134.